The monoisotopic (exact) mass is 874 g/mol. The topological polar surface area (TPSA) is 253 Å². The summed E-state index contributed by atoms with van der Waals surface area (Å²) in [4.78, 5) is 81.5. The van der Waals surface area contributed by atoms with E-state index in [1.807, 2.05) is 6.92 Å². The molecule has 0 aromatic rings. The third-order valence-electron chi connectivity index (χ3n) is 10.1. The Morgan fingerprint density at radius 1 is 0.443 bits per heavy atom. The summed E-state index contributed by atoms with van der Waals surface area (Å²) >= 11 is 0. The number of hydrogen-bond donors (Lipinski definition) is 6. The van der Waals surface area contributed by atoms with Crippen LogP contribution in [-0.2, 0) is 52.5 Å². The molecular formula is C44H79N3O14. The highest BCUT2D eigenvalue weighted by Crippen LogP contribution is 2.15. The maximum atomic E-state index is 12.3. The van der Waals surface area contributed by atoms with E-state index < -0.39 is 23.9 Å². The van der Waals surface area contributed by atoms with Crippen molar-refractivity contribution in [3.63, 3.8) is 0 Å². The molecule has 0 bridgehead atoms. The lowest BCUT2D eigenvalue weighted by molar-refractivity contribution is -0.142. The lowest BCUT2D eigenvalue weighted by Gasteiger charge is -2.14. The van der Waals surface area contributed by atoms with Gasteiger partial charge in [0.25, 0.3) is 0 Å². The van der Waals surface area contributed by atoms with Gasteiger partial charge >= 0.3 is 17.9 Å². The van der Waals surface area contributed by atoms with Crippen molar-refractivity contribution in [2.24, 2.45) is 5.92 Å². The van der Waals surface area contributed by atoms with E-state index in [2.05, 4.69) is 16.0 Å². The number of amides is 3. The van der Waals surface area contributed by atoms with Crippen molar-refractivity contribution in [1.82, 2.24) is 16.0 Å². The van der Waals surface area contributed by atoms with Gasteiger partial charge in [-0.3, -0.25) is 28.8 Å². The maximum absolute atomic E-state index is 12.3. The average molecular weight is 874 g/mol. The first-order chi connectivity index (χ1) is 29.5. The maximum Gasteiger partial charge on any atom is 0.326 e. The molecule has 0 heterocycles. The predicted molar refractivity (Wildman–Crippen MR) is 229 cm³/mol. The Kier molecular flexibility index (Phi) is 39.2. The van der Waals surface area contributed by atoms with E-state index in [0.717, 1.165) is 44.9 Å². The minimum atomic E-state index is -1.16. The lowest BCUT2D eigenvalue weighted by Crippen LogP contribution is -2.41. The number of nitrogens with one attached hydrogen (secondary N) is 3. The van der Waals surface area contributed by atoms with Gasteiger partial charge in [-0.1, -0.05) is 90.4 Å². The SMILES string of the molecule is CC[C@@H](CCCCNC(=O)COCCOCCNC(=O)COCCOCCCC(=O)CC[C@H](NC(=O)CCCCCCCCCCCCCCCCC(=O)O)C(=O)O)C(=O)O. The smallest absolute Gasteiger partial charge is 0.326 e. The predicted octanol–water partition coefficient (Wildman–Crippen LogP) is 5.59. The highest BCUT2D eigenvalue weighted by atomic mass is 16.5. The second kappa shape index (κ2) is 41.7. The van der Waals surface area contributed by atoms with Gasteiger partial charge in [0.05, 0.1) is 39.0 Å². The van der Waals surface area contributed by atoms with Crippen LogP contribution in [0.4, 0.5) is 0 Å². The van der Waals surface area contributed by atoms with Gasteiger partial charge in [0.2, 0.25) is 17.7 Å². The number of hydrogen-bond acceptors (Lipinski definition) is 11. The molecule has 17 nitrogen and oxygen atoms in total. The fourth-order valence-corrected chi connectivity index (χ4v) is 6.39. The summed E-state index contributed by atoms with van der Waals surface area (Å²) in [6.07, 6.45) is 19.0. The molecule has 17 heteroatoms. The van der Waals surface area contributed by atoms with Gasteiger partial charge in [0.1, 0.15) is 25.0 Å². The van der Waals surface area contributed by atoms with Crippen LogP contribution < -0.4 is 16.0 Å². The molecule has 61 heavy (non-hydrogen) atoms. The van der Waals surface area contributed by atoms with Crippen molar-refractivity contribution in [3.8, 4) is 0 Å². The van der Waals surface area contributed by atoms with E-state index in [9.17, 15) is 38.7 Å². The summed E-state index contributed by atoms with van der Waals surface area (Å²) in [5.41, 5.74) is 0. The molecule has 0 aliphatic rings. The molecule has 0 aliphatic heterocycles. The average Bonchev–Trinajstić information content (AvgIpc) is 3.22. The molecule has 0 saturated carbocycles. The van der Waals surface area contributed by atoms with Crippen LogP contribution in [0.3, 0.4) is 0 Å². The fourth-order valence-electron chi connectivity index (χ4n) is 6.39. The highest BCUT2D eigenvalue weighted by Gasteiger charge is 2.21. The lowest BCUT2D eigenvalue weighted by atomic mass is 9.99. The summed E-state index contributed by atoms with van der Waals surface area (Å²) in [5.74, 6) is -3.98. The minimum Gasteiger partial charge on any atom is -0.481 e. The van der Waals surface area contributed by atoms with E-state index >= 15 is 0 Å². The van der Waals surface area contributed by atoms with Crippen LogP contribution in [0.2, 0.25) is 0 Å². The molecule has 3 amide bonds. The largest absolute Gasteiger partial charge is 0.481 e. The molecule has 0 saturated heterocycles. The Hall–Kier alpha value is -3.67. The quantitative estimate of drug-likeness (QED) is 0.0408. The first-order valence-electron chi connectivity index (χ1n) is 22.8. The number of carbonyl (C=O) groups is 7. The molecule has 6 N–H and O–H groups in total. The Balaban J connectivity index is 3.65. The Bertz CT molecular complexity index is 1190. The molecule has 0 aromatic heterocycles. The zero-order valence-corrected chi connectivity index (χ0v) is 37.0. The number of carbonyl (C=O) groups excluding carboxylic acids is 4. The molecule has 0 aliphatic carbocycles. The second-order valence-electron chi connectivity index (χ2n) is 15.5. The van der Waals surface area contributed by atoms with Crippen molar-refractivity contribution in [2.45, 2.75) is 167 Å². The first-order valence-corrected chi connectivity index (χ1v) is 22.8. The van der Waals surface area contributed by atoms with Crippen LogP contribution in [0.15, 0.2) is 0 Å². The van der Waals surface area contributed by atoms with Gasteiger partial charge in [0, 0.05) is 45.4 Å². The first kappa shape index (κ1) is 57.3. The van der Waals surface area contributed by atoms with Gasteiger partial charge in [-0.2, -0.15) is 0 Å². The van der Waals surface area contributed by atoms with Crippen LogP contribution in [0.5, 0.6) is 0 Å². The normalized spacial score (nSPS) is 12.1. The van der Waals surface area contributed by atoms with Crippen molar-refractivity contribution >= 4 is 41.4 Å². The van der Waals surface area contributed by atoms with Crippen LogP contribution in [-0.4, -0.2) is 129 Å². The molecule has 0 rings (SSSR count). The molecule has 354 valence electrons. The van der Waals surface area contributed by atoms with Gasteiger partial charge in [-0.25, -0.2) is 4.79 Å². The summed E-state index contributed by atoms with van der Waals surface area (Å²) in [6.45, 7) is 3.80. The number of ketones is 1. The number of Topliss-reactive ketones (excluding diaryl/α,β-unsaturated/α-hetero) is 1. The van der Waals surface area contributed by atoms with Gasteiger partial charge < -0.3 is 50.2 Å². The van der Waals surface area contributed by atoms with Crippen molar-refractivity contribution in [1.29, 1.82) is 0 Å². The van der Waals surface area contributed by atoms with Gasteiger partial charge in [0.15, 0.2) is 0 Å². The van der Waals surface area contributed by atoms with Crippen LogP contribution >= 0.6 is 0 Å². The zero-order chi connectivity index (χ0) is 45.2. The molecule has 0 aromatic carbocycles. The van der Waals surface area contributed by atoms with Gasteiger partial charge in [-0.05, 0) is 44.9 Å². The molecular weight excluding hydrogens is 794 g/mol. The minimum absolute atomic E-state index is 0.0332. The van der Waals surface area contributed by atoms with Gasteiger partial charge in [-0.15, -0.1) is 0 Å². The Labute approximate surface area is 363 Å². The molecule has 2 atom stereocenters. The van der Waals surface area contributed by atoms with Crippen LogP contribution in [0, 0.1) is 5.92 Å². The van der Waals surface area contributed by atoms with Crippen LogP contribution in [0.1, 0.15) is 161 Å². The highest BCUT2D eigenvalue weighted by molar-refractivity contribution is 5.84. The van der Waals surface area contributed by atoms with E-state index in [0.29, 0.717) is 45.3 Å². The Morgan fingerprint density at radius 3 is 1.44 bits per heavy atom. The molecule has 0 spiro atoms. The number of carboxylic acids is 3. The molecule has 0 unspecified atom stereocenters. The van der Waals surface area contributed by atoms with E-state index in [1.54, 1.807) is 0 Å². The van der Waals surface area contributed by atoms with E-state index in [4.69, 9.17) is 29.2 Å². The summed E-state index contributed by atoms with van der Waals surface area (Å²) in [6, 6.07) is -1.10. The third-order valence-corrected chi connectivity index (χ3v) is 10.1. The number of unbranched alkanes of at least 4 members (excludes halogenated alkanes) is 14. The summed E-state index contributed by atoms with van der Waals surface area (Å²) in [7, 11) is 0. The number of carboxylic acid groups (broad SMARTS) is 3. The number of aliphatic carboxylic acids is 3. The molecule has 0 fully saturated rings. The van der Waals surface area contributed by atoms with E-state index in [1.165, 1.54) is 44.9 Å². The zero-order valence-electron chi connectivity index (χ0n) is 37.0. The van der Waals surface area contributed by atoms with E-state index in [-0.39, 0.29) is 114 Å². The van der Waals surface area contributed by atoms with Crippen LogP contribution in [0.25, 0.3) is 0 Å². The van der Waals surface area contributed by atoms with Crippen molar-refractivity contribution in [3.05, 3.63) is 0 Å². The molecule has 0 radical (unpaired) electrons. The third kappa shape index (κ3) is 40.2. The summed E-state index contributed by atoms with van der Waals surface area (Å²) in [5, 5.41) is 35.2. The van der Waals surface area contributed by atoms with Crippen molar-refractivity contribution < 1.29 is 67.8 Å². The fraction of sp³-hybridized carbons (Fsp3) is 0.841. The number of ether oxygens (including phenoxy) is 4. The second-order valence-corrected chi connectivity index (χ2v) is 15.5. The number of rotatable bonds is 46. The van der Waals surface area contributed by atoms with Crippen molar-refractivity contribution in [2.75, 3.05) is 65.9 Å². The Morgan fingerprint density at radius 2 is 0.934 bits per heavy atom. The standard InChI is InChI=1S/C44H79N3O14/c1-2-36(43(54)55)20-17-18-26-45-40(50)34-61-33-31-59-29-27-46-41(51)35-60-32-30-58-28-19-21-37(48)24-25-38(44(56)57)47-39(49)22-15-13-11-9-7-5-3-4-6-8-10-12-14-16-23-42(52)53/h36,38H,2-35H2,1H3,(H,45,50)(H,46,51)(H,47,49)(H,52,53)(H,54,55)(H,56,57)/t36-,38-/m0/s1. The summed E-state index contributed by atoms with van der Waals surface area (Å²) < 4.78 is 21.4.